The van der Waals surface area contributed by atoms with Gasteiger partial charge in [0, 0.05) is 30.8 Å². The SMILES string of the molecule is CC[C@H](C)NC(=O)[C@@H](C)N(CCc1ccccc1)C(=O)COc1cc(OC)cc(OC)c1. The summed E-state index contributed by atoms with van der Waals surface area (Å²) >= 11 is 0. The van der Waals surface area contributed by atoms with Crippen molar-refractivity contribution in [2.75, 3.05) is 27.4 Å². The van der Waals surface area contributed by atoms with Crippen LogP contribution in [0, 0.1) is 0 Å². The molecule has 2 aromatic rings. The molecule has 174 valence electrons. The third-order valence-electron chi connectivity index (χ3n) is 5.34. The van der Waals surface area contributed by atoms with E-state index in [0.29, 0.717) is 30.2 Å². The molecule has 0 aliphatic heterocycles. The van der Waals surface area contributed by atoms with Gasteiger partial charge in [0.05, 0.1) is 14.2 Å². The lowest BCUT2D eigenvalue weighted by atomic mass is 10.1. The maximum absolute atomic E-state index is 13.1. The van der Waals surface area contributed by atoms with Gasteiger partial charge >= 0.3 is 0 Å². The molecule has 2 amide bonds. The number of nitrogens with one attached hydrogen (secondary N) is 1. The molecule has 7 nitrogen and oxygen atoms in total. The van der Waals surface area contributed by atoms with Crippen molar-refractivity contribution in [1.82, 2.24) is 10.2 Å². The zero-order valence-electron chi connectivity index (χ0n) is 19.6. The van der Waals surface area contributed by atoms with Crippen LogP contribution < -0.4 is 19.5 Å². The predicted molar refractivity (Wildman–Crippen MR) is 124 cm³/mol. The Balaban J connectivity index is 2.12. The van der Waals surface area contributed by atoms with E-state index in [-0.39, 0.29) is 24.5 Å². The van der Waals surface area contributed by atoms with Gasteiger partial charge in [0.25, 0.3) is 5.91 Å². The average molecular weight is 443 g/mol. The average Bonchev–Trinajstić information content (AvgIpc) is 2.82. The molecule has 7 heteroatoms. The number of carbonyl (C=O) groups excluding carboxylic acids is 2. The van der Waals surface area contributed by atoms with Gasteiger partial charge in [-0.25, -0.2) is 0 Å². The second-order valence-corrected chi connectivity index (χ2v) is 7.65. The summed E-state index contributed by atoms with van der Waals surface area (Å²) in [6, 6.07) is 14.4. The van der Waals surface area contributed by atoms with Crippen LogP contribution in [0.2, 0.25) is 0 Å². The second-order valence-electron chi connectivity index (χ2n) is 7.65. The number of hydrogen-bond donors (Lipinski definition) is 1. The third kappa shape index (κ3) is 7.48. The van der Waals surface area contributed by atoms with Crippen molar-refractivity contribution >= 4 is 11.8 Å². The lowest BCUT2D eigenvalue weighted by Gasteiger charge is -2.29. The van der Waals surface area contributed by atoms with Gasteiger partial charge < -0.3 is 24.4 Å². The van der Waals surface area contributed by atoms with Gasteiger partial charge in [-0.2, -0.15) is 0 Å². The Hall–Kier alpha value is -3.22. The first-order chi connectivity index (χ1) is 15.4. The third-order valence-corrected chi connectivity index (χ3v) is 5.34. The molecule has 2 atom stereocenters. The molecular formula is C25H34N2O5. The lowest BCUT2D eigenvalue weighted by Crippen LogP contribution is -2.51. The van der Waals surface area contributed by atoms with Crippen molar-refractivity contribution in [1.29, 1.82) is 0 Å². The minimum Gasteiger partial charge on any atom is -0.496 e. The van der Waals surface area contributed by atoms with Crippen molar-refractivity contribution in [3.05, 3.63) is 54.1 Å². The fourth-order valence-electron chi connectivity index (χ4n) is 3.13. The monoisotopic (exact) mass is 442 g/mol. The van der Waals surface area contributed by atoms with Gasteiger partial charge in [-0.3, -0.25) is 9.59 Å². The first-order valence-corrected chi connectivity index (χ1v) is 10.9. The van der Waals surface area contributed by atoms with Gasteiger partial charge in [0.2, 0.25) is 5.91 Å². The number of benzene rings is 2. The summed E-state index contributed by atoms with van der Waals surface area (Å²) < 4.78 is 16.2. The second kappa shape index (κ2) is 12.6. The number of amides is 2. The topological polar surface area (TPSA) is 77.1 Å². The van der Waals surface area contributed by atoms with E-state index in [4.69, 9.17) is 14.2 Å². The number of ether oxygens (including phenoxy) is 3. The Labute approximate surface area is 190 Å². The predicted octanol–water partition coefficient (Wildman–Crippen LogP) is 3.46. The Kier molecular flexibility index (Phi) is 9.85. The van der Waals surface area contributed by atoms with Crippen molar-refractivity contribution in [2.45, 2.75) is 45.7 Å². The molecule has 0 unspecified atom stereocenters. The van der Waals surface area contributed by atoms with Crippen LogP contribution in [0.15, 0.2) is 48.5 Å². The molecule has 1 N–H and O–H groups in total. The molecule has 0 fully saturated rings. The number of hydrogen-bond acceptors (Lipinski definition) is 5. The minimum absolute atomic E-state index is 0.0384. The number of rotatable bonds is 12. The van der Waals surface area contributed by atoms with E-state index in [2.05, 4.69) is 5.32 Å². The Morgan fingerprint density at radius 1 is 0.969 bits per heavy atom. The fraction of sp³-hybridized carbons (Fsp3) is 0.440. The van der Waals surface area contributed by atoms with Gasteiger partial charge in [-0.05, 0) is 32.3 Å². The molecule has 0 aliphatic carbocycles. The fourth-order valence-corrected chi connectivity index (χ4v) is 3.13. The van der Waals surface area contributed by atoms with E-state index >= 15 is 0 Å². The summed E-state index contributed by atoms with van der Waals surface area (Å²) in [5, 5.41) is 2.96. The van der Waals surface area contributed by atoms with Crippen LogP contribution in [0.4, 0.5) is 0 Å². The highest BCUT2D eigenvalue weighted by atomic mass is 16.5. The van der Waals surface area contributed by atoms with Gasteiger partial charge in [0.1, 0.15) is 23.3 Å². The highest BCUT2D eigenvalue weighted by molar-refractivity contribution is 5.88. The van der Waals surface area contributed by atoms with Gasteiger partial charge in [-0.15, -0.1) is 0 Å². The molecule has 0 aromatic heterocycles. The summed E-state index contributed by atoms with van der Waals surface area (Å²) in [5.41, 5.74) is 1.10. The molecule has 0 radical (unpaired) electrons. The minimum atomic E-state index is -0.622. The molecule has 0 heterocycles. The highest BCUT2D eigenvalue weighted by Crippen LogP contribution is 2.27. The largest absolute Gasteiger partial charge is 0.496 e. The van der Waals surface area contributed by atoms with E-state index in [1.807, 2.05) is 44.2 Å². The summed E-state index contributed by atoms with van der Waals surface area (Å²) in [4.78, 5) is 27.4. The van der Waals surface area contributed by atoms with Crippen LogP contribution in [-0.2, 0) is 16.0 Å². The first-order valence-electron chi connectivity index (χ1n) is 10.9. The zero-order valence-corrected chi connectivity index (χ0v) is 19.6. The van der Waals surface area contributed by atoms with E-state index in [1.165, 1.54) is 0 Å². The van der Waals surface area contributed by atoms with Gasteiger partial charge in [0.15, 0.2) is 6.61 Å². The van der Waals surface area contributed by atoms with E-state index in [0.717, 1.165) is 12.0 Å². The molecule has 0 aliphatic rings. The molecule has 0 saturated heterocycles. The summed E-state index contributed by atoms with van der Waals surface area (Å²) in [7, 11) is 3.10. The van der Waals surface area contributed by atoms with Crippen LogP contribution in [0.1, 0.15) is 32.8 Å². The van der Waals surface area contributed by atoms with Crippen molar-refractivity contribution < 1.29 is 23.8 Å². The van der Waals surface area contributed by atoms with Crippen LogP contribution in [0.25, 0.3) is 0 Å². The van der Waals surface area contributed by atoms with Crippen molar-refractivity contribution in [2.24, 2.45) is 0 Å². The molecule has 32 heavy (non-hydrogen) atoms. The number of nitrogens with zero attached hydrogens (tertiary/aromatic N) is 1. The summed E-state index contributed by atoms with van der Waals surface area (Å²) in [6.07, 6.45) is 1.46. The van der Waals surface area contributed by atoms with E-state index in [1.54, 1.807) is 44.2 Å². The maximum atomic E-state index is 13.1. The summed E-state index contributed by atoms with van der Waals surface area (Å²) in [5.74, 6) is 1.13. The van der Waals surface area contributed by atoms with Crippen molar-refractivity contribution in [3.8, 4) is 17.2 Å². The highest BCUT2D eigenvalue weighted by Gasteiger charge is 2.26. The van der Waals surface area contributed by atoms with Crippen LogP contribution in [-0.4, -0.2) is 56.2 Å². The van der Waals surface area contributed by atoms with Crippen LogP contribution in [0.5, 0.6) is 17.2 Å². The molecule has 2 aromatic carbocycles. The van der Waals surface area contributed by atoms with Crippen LogP contribution >= 0.6 is 0 Å². The molecular weight excluding hydrogens is 408 g/mol. The van der Waals surface area contributed by atoms with Crippen LogP contribution in [0.3, 0.4) is 0 Å². The zero-order chi connectivity index (χ0) is 23.5. The van der Waals surface area contributed by atoms with E-state index in [9.17, 15) is 9.59 Å². The molecule has 0 saturated carbocycles. The normalized spacial score (nSPS) is 12.4. The molecule has 0 spiro atoms. The lowest BCUT2D eigenvalue weighted by molar-refractivity contribution is -0.141. The Morgan fingerprint density at radius 3 is 2.12 bits per heavy atom. The Bertz CT molecular complexity index is 850. The standard InChI is InChI=1S/C25H34N2O5/c1-6-18(2)26-25(29)19(3)27(13-12-20-10-8-7-9-11-20)24(28)17-32-23-15-21(30-4)14-22(16-23)31-5/h7-11,14-16,18-19H,6,12-13,17H2,1-5H3,(H,26,29)/t18-,19+/m0/s1. The van der Waals surface area contributed by atoms with Gasteiger partial charge in [-0.1, -0.05) is 37.3 Å². The quantitative estimate of drug-likeness (QED) is 0.545. The number of carbonyl (C=O) groups is 2. The summed E-state index contributed by atoms with van der Waals surface area (Å²) in [6.45, 7) is 5.90. The number of methoxy groups -OCH3 is 2. The van der Waals surface area contributed by atoms with Crippen molar-refractivity contribution in [3.63, 3.8) is 0 Å². The maximum Gasteiger partial charge on any atom is 0.261 e. The molecule has 2 rings (SSSR count). The molecule has 0 bridgehead atoms. The first kappa shape index (κ1) is 25.0. The Morgan fingerprint density at radius 2 is 1.56 bits per heavy atom. The smallest absolute Gasteiger partial charge is 0.261 e. The van der Waals surface area contributed by atoms with E-state index < -0.39 is 6.04 Å².